The number of aromatic nitrogens is 2. The Bertz CT molecular complexity index is 1090. The molecule has 1 amide bonds. The molecule has 28 heavy (non-hydrogen) atoms. The maximum atomic E-state index is 12.8. The first-order valence-corrected chi connectivity index (χ1v) is 9.81. The summed E-state index contributed by atoms with van der Waals surface area (Å²) < 4.78 is 7.21. The van der Waals surface area contributed by atoms with E-state index in [0.717, 1.165) is 16.2 Å². The average Bonchev–Trinajstić information content (AvgIpc) is 3.15. The summed E-state index contributed by atoms with van der Waals surface area (Å²) in [4.78, 5) is 18.3. The highest BCUT2D eigenvalue weighted by molar-refractivity contribution is 7.98. The van der Waals surface area contributed by atoms with Crippen LogP contribution in [0.4, 0.5) is 5.69 Å². The molecule has 2 heterocycles. The van der Waals surface area contributed by atoms with E-state index in [1.807, 2.05) is 77.5 Å². The summed E-state index contributed by atoms with van der Waals surface area (Å²) in [5.74, 6) is 1.24. The quantitative estimate of drug-likeness (QED) is 0.477. The highest BCUT2D eigenvalue weighted by Crippen LogP contribution is 2.27. The number of nitrogens with zero attached hydrogens (tertiary/aromatic N) is 2. The number of amides is 1. The van der Waals surface area contributed by atoms with Crippen molar-refractivity contribution in [1.29, 1.82) is 0 Å². The summed E-state index contributed by atoms with van der Waals surface area (Å²) in [6.45, 7) is 0. The number of ether oxygens (including phenoxy) is 1. The van der Waals surface area contributed by atoms with Crippen molar-refractivity contribution in [1.82, 2.24) is 9.38 Å². The molecule has 1 N–H and O–H groups in total. The van der Waals surface area contributed by atoms with Gasteiger partial charge < -0.3 is 14.5 Å². The lowest BCUT2D eigenvalue weighted by Gasteiger charge is -2.10. The van der Waals surface area contributed by atoms with Gasteiger partial charge in [-0.3, -0.25) is 4.79 Å². The highest BCUT2D eigenvalue weighted by atomic mass is 32.2. The van der Waals surface area contributed by atoms with Crippen molar-refractivity contribution in [3.05, 3.63) is 90.4 Å². The summed E-state index contributed by atoms with van der Waals surface area (Å²) in [6, 6.07) is 20.8. The summed E-state index contributed by atoms with van der Waals surface area (Å²) in [7, 11) is 1.60. The van der Waals surface area contributed by atoms with Crippen molar-refractivity contribution in [3.8, 4) is 5.75 Å². The number of pyridine rings is 1. The van der Waals surface area contributed by atoms with Crippen LogP contribution in [0.3, 0.4) is 0 Å². The molecule has 0 radical (unpaired) electrons. The molecule has 0 saturated heterocycles. The Morgan fingerprint density at radius 3 is 2.82 bits per heavy atom. The Labute approximate surface area is 167 Å². The van der Waals surface area contributed by atoms with Crippen LogP contribution in [0.5, 0.6) is 5.75 Å². The van der Waals surface area contributed by atoms with E-state index in [0.29, 0.717) is 22.8 Å². The summed E-state index contributed by atoms with van der Waals surface area (Å²) >= 11 is 1.60. The number of anilines is 1. The van der Waals surface area contributed by atoms with Crippen LogP contribution >= 0.6 is 11.8 Å². The average molecular weight is 389 g/mol. The topological polar surface area (TPSA) is 55.6 Å². The Morgan fingerprint density at radius 2 is 1.96 bits per heavy atom. The molecule has 140 valence electrons. The lowest BCUT2D eigenvalue weighted by molar-refractivity contribution is 0.102. The largest absolute Gasteiger partial charge is 0.497 e. The van der Waals surface area contributed by atoms with Gasteiger partial charge in [-0.05, 0) is 36.4 Å². The minimum Gasteiger partial charge on any atom is -0.497 e. The van der Waals surface area contributed by atoms with Gasteiger partial charge in [0.25, 0.3) is 5.91 Å². The Morgan fingerprint density at radius 1 is 1.11 bits per heavy atom. The van der Waals surface area contributed by atoms with E-state index in [4.69, 9.17) is 4.74 Å². The second kappa shape index (κ2) is 8.19. The zero-order chi connectivity index (χ0) is 19.3. The molecular weight excluding hydrogens is 370 g/mol. The number of nitrogens with one attached hydrogen (secondary N) is 1. The zero-order valence-corrected chi connectivity index (χ0v) is 16.1. The predicted molar refractivity (Wildman–Crippen MR) is 112 cm³/mol. The van der Waals surface area contributed by atoms with Crippen molar-refractivity contribution in [2.24, 2.45) is 0 Å². The maximum Gasteiger partial charge on any atom is 0.256 e. The number of carbonyl (C=O) groups excluding carboxylic acids is 1. The fourth-order valence-corrected chi connectivity index (χ4v) is 3.82. The van der Waals surface area contributed by atoms with Crippen molar-refractivity contribution in [2.45, 2.75) is 10.6 Å². The normalized spacial score (nSPS) is 10.8. The smallest absolute Gasteiger partial charge is 0.256 e. The van der Waals surface area contributed by atoms with Crippen molar-refractivity contribution < 1.29 is 9.53 Å². The van der Waals surface area contributed by atoms with E-state index in [2.05, 4.69) is 10.3 Å². The molecule has 6 heteroatoms. The van der Waals surface area contributed by atoms with Crippen LogP contribution in [0.25, 0.3) is 5.65 Å². The molecule has 4 rings (SSSR count). The number of methoxy groups -OCH3 is 1. The molecule has 0 bridgehead atoms. The lowest BCUT2D eigenvalue weighted by atomic mass is 10.2. The van der Waals surface area contributed by atoms with Gasteiger partial charge in [0.15, 0.2) is 0 Å². The van der Waals surface area contributed by atoms with Gasteiger partial charge in [0.05, 0.1) is 18.4 Å². The number of carbonyl (C=O) groups is 1. The zero-order valence-electron chi connectivity index (χ0n) is 15.3. The number of hydrogen-bond acceptors (Lipinski definition) is 4. The van der Waals surface area contributed by atoms with Crippen LogP contribution in [0, 0.1) is 0 Å². The number of benzene rings is 2. The molecule has 2 aromatic carbocycles. The van der Waals surface area contributed by atoms with Gasteiger partial charge in [-0.1, -0.05) is 24.3 Å². The molecular formula is C22H19N3O2S. The minimum atomic E-state index is -0.147. The molecule has 5 nitrogen and oxygen atoms in total. The van der Waals surface area contributed by atoms with Gasteiger partial charge in [0.1, 0.15) is 11.4 Å². The number of thioether (sulfide) groups is 1. The third-order valence-corrected chi connectivity index (χ3v) is 5.36. The van der Waals surface area contributed by atoms with Crippen molar-refractivity contribution >= 4 is 29.0 Å². The molecule has 4 aromatic rings. The van der Waals surface area contributed by atoms with Gasteiger partial charge >= 0.3 is 0 Å². The SMILES string of the molecule is COc1cccc(NC(=O)c2ccccc2SCc2cn3ccccc3n2)c1. The fraction of sp³-hybridized carbons (Fsp3) is 0.0909. The van der Waals surface area contributed by atoms with Gasteiger partial charge in [-0.2, -0.15) is 0 Å². The Kier molecular flexibility index (Phi) is 5.30. The van der Waals surface area contributed by atoms with E-state index in [1.54, 1.807) is 24.9 Å². The van der Waals surface area contributed by atoms with Crippen LogP contribution in [0.1, 0.15) is 16.1 Å². The van der Waals surface area contributed by atoms with E-state index >= 15 is 0 Å². The van der Waals surface area contributed by atoms with E-state index < -0.39 is 0 Å². The van der Waals surface area contributed by atoms with Crippen molar-refractivity contribution in [3.63, 3.8) is 0 Å². The number of imidazole rings is 1. The van der Waals surface area contributed by atoms with E-state index in [-0.39, 0.29) is 5.91 Å². The third kappa shape index (κ3) is 4.02. The highest BCUT2D eigenvalue weighted by Gasteiger charge is 2.13. The maximum absolute atomic E-state index is 12.8. The molecule has 2 aromatic heterocycles. The van der Waals surface area contributed by atoms with Crippen LogP contribution in [0.2, 0.25) is 0 Å². The van der Waals surface area contributed by atoms with Gasteiger partial charge in [0, 0.05) is 34.8 Å². The van der Waals surface area contributed by atoms with Crippen LogP contribution in [0.15, 0.2) is 84.0 Å². The first-order chi connectivity index (χ1) is 13.7. The number of fused-ring (bicyclic) bond motifs is 1. The lowest BCUT2D eigenvalue weighted by Crippen LogP contribution is -2.13. The summed E-state index contributed by atoms with van der Waals surface area (Å²) in [5, 5.41) is 2.94. The number of rotatable bonds is 6. The summed E-state index contributed by atoms with van der Waals surface area (Å²) in [6.07, 6.45) is 3.99. The van der Waals surface area contributed by atoms with Gasteiger partial charge in [0.2, 0.25) is 0 Å². The molecule has 0 atom stereocenters. The second-order valence-electron chi connectivity index (χ2n) is 6.17. The van der Waals surface area contributed by atoms with Gasteiger partial charge in [-0.25, -0.2) is 4.98 Å². The molecule has 0 aliphatic heterocycles. The molecule has 0 saturated carbocycles. The fourth-order valence-electron chi connectivity index (χ4n) is 2.89. The standard InChI is InChI=1S/C22H19N3O2S/c1-27-18-8-6-7-16(13-18)24-22(26)19-9-2-3-10-20(19)28-15-17-14-25-12-5-4-11-21(25)23-17/h2-14H,15H2,1H3,(H,24,26). The molecule has 0 aliphatic rings. The molecule has 0 unspecified atom stereocenters. The second-order valence-corrected chi connectivity index (χ2v) is 7.19. The first kappa shape index (κ1) is 18.1. The minimum absolute atomic E-state index is 0.147. The summed E-state index contributed by atoms with van der Waals surface area (Å²) in [5.41, 5.74) is 3.23. The Balaban J connectivity index is 1.50. The van der Waals surface area contributed by atoms with E-state index in [9.17, 15) is 4.79 Å². The molecule has 0 aliphatic carbocycles. The Hall–Kier alpha value is -3.25. The van der Waals surface area contributed by atoms with E-state index in [1.165, 1.54) is 0 Å². The monoisotopic (exact) mass is 389 g/mol. The van der Waals surface area contributed by atoms with Crippen molar-refractivity contribution in [2.75, 3.05) is 12.4 Å². The van der Waals surface area contributed by atoms with Crippen LogP contribution in [-0.4, -0.2) is 22.4 Å². The first-order valence-electron chi connectivity index (χ1n) is 8.83. The third-order valence-electron chi connectivity index (χ3n) is 4.25. The van der Waals surface area contributed by atoms with Gasteiger partial charge in [-0.15, -0.1) is 11.8 Å². The predicted octanol–water partition coefficient (Wildman–Crippen LogP) is 4.89. The molecule has 0 spiro atoms. The van der Waals surface area contributed by atoms with Crippen LogP contribution in [-0.2, 0) is 5.75 Å². The van der Waals surface area contributed by atoms with Crippen LogP contribution < -0.4 is 10.1 Å². The number of hydrogen-bond donors (Lipinski definition) is 1. The molecule has 0 fully saturated rings.